The standard InChI is InChI=1S/C11H22N2S/c1-3-6-11(12)13-9-7-4-5-8-10(9)14-2/h9-10H,3-8H2,1-2H3,(H2,12,13). The fraction of sp³-hybridized carbons (Fsp3) is 0.909. The normalized spacial score (nSPS) is 29.1. The van der Waals surface area contributed by atoms with Gasteiger partial charge in [-0.15, -0.1) is 0 Å². The second-order valence-corrected chi connectivity index (χ2v) is 5.07. The van der Waals surface area contributed by atoms with Crippen LogP contribution in [-0.4, -0.2) is 23.4 Å². The van der Waals surface area contributed by atoms with Gasteiger partial charge in [0.15, 0.2) is 0 Å². The van der Waals surface area contributed by atoms with E-state index in [1.54, 1.807) is 0 Å². The maximum absolute atomic E-state index is 5.87. The molecule has 1 aliphatic rings. The smallest absolute Gasteiger partial charge is 0.0940 e. The van der Waals surface area contributed by atoms with Crippen LogP contribution < -0.4 is 5.73 Å². The molecule has 2 unspecified atom stereocenters. The van der Waals surface area contributed by atoms with Gasteiger partial charge in [0.2, 0.25) is 0 Å². The largest absolute Gasteiger partial charge is 0.387 e. The Bertz CT molecular complexity index is 192. The van der Waals surface area contributed by atoms with Gasteiger partial charge in [0.1, 0.15) is 0 Å². The first kappa shape index (κ1) is 11.9. The van der Waals surface area contributed by atoms with Gasteiger partial charge in [-0.05, 0) is 25.5 Å². The topological polar surface area (TPSA) is 38.4 Å². The Morgan fingerprint density at radius 3 is 2.79 bits per heavy atom. The van der Waals surface area contributed by atoms with Crippen molar-refractivity contribution in [1.29, 1.82) is 0 Å². The molecular weight excluding hydrogens is 192 g/mol. The summed E-state index contributed by atoms with van der Waals surface area (Å²) in [6.07, 6.45) is 9.48. The van der Waals surface area contributed by atoms with Gasteiger partial charge in [-0.25, -0.2) is 0 Å². The van der Waals surface area contributed by atoms with Crippen LogP contribution in [-0.2, 0) is 0 Å². The first-order chi connectivity index (χ1) is 6.77. The van der Waals surface area contributed by atoms with Crippen molar-refractivity contribution in [3.63, 3.8) is 0 Å². The van der Waals surface area contributed by atoms with E-state index in [9.17, 15) is 0 Å². The molecule has 0 heterocycles. The quantitative estimate of drug-likeness (QED) is 0.577. The summed E-state index contributed by atoms with van der Waals surface area (Å²) in [5.74, 6) is 0.860. The summed E-state index contributed by atoms with van der Waals surface area (Å²) in [5, 5.41) is 0.708. The number of nitrogens with two attached hydrogens (primary N) is 1. The number of nitrogens with zero attached hydrogens (tertiary/aromatic N) is 1. The van der Waals surface area contributed by atoms with Gasteiger partial charge in [0.05, 0.1) is 11.9 Å². The zero-order valence-corrected chi connectivity index (χ0v) is 10.1. The molecule has 0 saturated heterocycles. The minimum atomic E-state index is 0.491. The molecule has 0 aliphatic heterocycles. The molecule has 1 fully saturated rings. The second-order valence-electron chi connectivity index (χ2n) is 4.00. The van der Waals surface area contributed by atoms with E-state index in [0.29, 0.717) is 11.3 Å². The molecule has 1 aliphatic carbocycles. The molecule has 0 aromatic heterocycles. The van der Waals surface area contributed by atoms with Gasteiger partial charge in [-0.2, -0.15) is 11.8 Å². The van der Waals surface area contributed by atoms with Crippen molar-refractivity contribution in [2.45, 2.75) is 56.7 Å². The third-order valence-corrected chi connectivity index (χ3v) is 3.96. The molecule has 3 heteroatoms. The van der Waals surface area contributed by atoms with Crippen LogP contribution in [0, 0.1) is 0 Å². The van der Waals surface area contributed by atoms with E-state index in [0.717, 1.165) is 18.7 Å². The van der Waals surface area contributed by atoms with Crippen molar-refractivity contribution in [2.75, 3.05) is 6.26 Å². The minimum absolute atomic E-state index is 0.491. The number of hydrogen-bond donors (Lipinski definition) is 1. The Labute approximate surface area is 91.7 Å². The van der Waals surface area contributed by atoms with Crippen molar-refractivity contribution in [2.24, 2.45) is 10.7 Å². The highest BCUT2D eigenvalue weighted by atomic mass is 32.2. The summed E-state index contributed by atoms with van der Waals surface area (Å²) in [7, 11) is 0. The highest BCUT2D eigenvalue weighted by Gasteiger charge is 2.23. The van der Waals surface area contributed by atoms with E-state index in [2.05, 4.69) is 18.2 Å². The lowest BCUT2D eigenvalue weighted by atomic mass is 9.95. The first-order valence-corrected chi connectivity index (χ1v) is 6.91. The van der Waals surface area contributed by atoms with Gasteiger partial charge in [0, 0.05) is 11.7 Å². The molecular formula is C11H22N2S. The molecule has 14 heavy (non-hydrogen) atoms. The number of hydrogen-bond acceptors (Lipinski definition) is 2. The van der Waals surface area contributed by atoms with E-state index in [1.165, 1.54) is 25.7 Å². The van der Waals surface area contributed by atoms with Crippen LogP contribution >= 0.6 is 11.8 Å². The summed E-state index contributed by atoms with van der Waals surface area (Å²) in [6, 6.07) is 0.491. The SMILES string of the molecule is CCCC(N)=NC1CCCCC1SC. The first-order valence-electron chi connectivity index (χ1n) is 5.62. The number of amidine groups is 1. The molecule has 0 bridgehead atoms. The number of aliphatic imine (C=N–C) groups is 1. The Morgan fingerprint density at radius 2 is 2.14 bits per heavy atom. The second kappa shape index (κ2) is 6.33. The zero-order chi connectivity index (χ0) is 10.4. The predicted octanol–water partition coefficient (Wildman–Crippen LogP) is 2.82. The van der Waals surface area contributed by atoms with Gasteiger partial charge in [-0.1, -0.05) is 19.8 Å². The van der Waals surface area contributed by atoms with Crippen LogP contribution in [0.3, 0.4) is 0 Å². The Kier molecular flexibility index (Phi) is 5.38. The fourth-order valence-electron chi connectivity index (χ4n) is 2.03. The Morgan fingerprint density at radius 1 is 1.43 bits per heavy atom. The average molecular weight is 214 g/mol. The summed E-state index contributed by atoms with van der Waals surface area (Å²) in [5.41, 5.74) is 5.87. The molecule has 0 spiro atoms. The van der Waals surface area contributed by atoms with Crippen LogP contribution in [0.4, 0.5) is 0 Å². The predicted molar refractivity (Wildman–Crippen MR) is 66.1 cm³/mol. The van der Waals surface area contributed by atoms with Crippen LogP contribution in [0.15, 0.2) is 4.99 Å². The van der Waals surface area contributed by atoms with Crippen molar-refractivity contribution in [3.8, 4) is 0 Å². The lowest BCUT2D eigenvalue weighted by molar-refractivity contribution is 0.455. The molecule has 2 N–H and O–H groups in total. The highest BCUT2D eigenvalue weighted by molar-refractivity contribution is 7.99. The van der Waals surface area contributed by atoms with Crippen molar-refractivity contribution >= 4 is 17.6 Å². The third kappa shape index (κ3) is 3.52. The summed E-state index contributed by atoms with van der Waals surface area (Å²) in [6.45, 7) is 2.15. The molecule has 0 amide bonds. The maximum Gasteiger partial charge on any atom is 0.0940 e. The third-order valence-electron chi connectivity index (χ3n) is 2.81. The van der Waals surface area contributed by atoms with E-state index in [4.69, 9.17) is 5.73 Å². The molecule has 2 atom stereocenters. The maximum atomic E-state index is 5.87. The highest BCUT2D eigenvalue weighted by Crippen LogP contribution is 2.29. The molecule has 2 nitrogen and oxygen atoms in total. The van der Waals surface area contributed by atoms with E-state index < -0.39 is 0 Å². The number of thioether (sulfide) groups is 1. The minimum Gasteiger partial charge on any atom is -0.387 e. The molecule has 0 aromatic carbocycles. The molecule has 0 aromatic rings. The van der Waals surface area contributed by atoms with Crippen molar-refractivity contribution < 1.29 is 0 Å². The number of rotatable bonds is 4. The molecule has 1 saturated carbocycles. The molecule has 1 rings (SSSR count). The van der Waals surface area contributed by atoms with Crippen molar-refractivity contribution in [1.82, 2.24) is 0 Å². The van der Waals surface area contributed by atoms with Gasteiger partial charge >= 0.3 is 0 Å². The van der Waals surface area contributed by atoms with Crippen LogP contribution in [0.5, 0.6) is 0 Å². The molecule has 0 radical (unpaired) electrons. The average Bonchev–Trinajstić information content (AvgIpc) is 2.19. The van der Waals surface area contributed by atoms with Crippen molar-refractivity contribution in [3.05, 3.63) is 0 Å². The fourth-order valence-corrected chi connectivity index (χ4v) is 2.95. The Balaban J connectivity index is 2.50. The zero-order valence-electron chi connectivity index (χ0n) is 9.33. The summed E-state index contributed by atoms with van der Waals surface area (Å²) < 4.78 is 0. The van der Waals surface area contributed by atoms with E-state index in [1.807, 2.05) is 11.8 Å². The van der Waals surface area contributed by atoms with Gasteiger partial charge in [0.25, 0.3) is 0 Å². The Hall–Kier alpha value is -0.180. The van der Waals surface area contributed by atoms with Crippen LogP contribution in [0.25, 0.3) is 0 Å². The van der Waals surface area contributed by atoms with E-state index in [-0.39, 0.29) is 0 Å². The van der Waals surface area contributed by atoms with Gasteiger partial charge in [-0.3, -0.25) is 4.99 Å². The lowest BCUT2D eigenvalue weighted by Crippen LogP contribution is -2.28. The van der Waals surface area contributed by atoms with E-state index >= 15 is 0 Å². The van der Waals surface area contributed by atoms with Gasteiger partial charge < -0.3 is 5.73 Å². The summed E-state index contributed by atoms with van der Waals surface area (Å²) >= 11 is 1.95. The summed E-state index contributed by atoms with van der Waals surface area (Å²) in [4.78, 5) is 4.65. The monoisotopic (exact) mass is 214 g/mol. The van der Waals surface area contributed by atoms with Crippen LogP contribution in [0.2, 0.25) is 0 Å². The lowest BCUT2D eigenvalue weighted by Gasteiger charge is -2.27. The molecule has 82 valence electrons. The van der Waals surface area contributed by atoms with Crippen LogP contribution in [0.1, 0.15) is 45.4 Å².